The predicted octanol–water partition coefficient (Wildman–Crippen LogP) is 2.29. The highest BCUT2D eigenvalue weighted by molar-refractivity contribution is 5.70. The van der Waals surface area contributed by atoms with Gasteiger partial charge in [-0.05, 0) is 32.6 Å². The van der Waals surface area contributed by atoms with Crippen LogP contribution in [0.4, 0.5) is 4.79 Å². The molecule has 1 aromatic heterocycles. The molecule has 0 spiro atoms. The van der Waals surface area contributed by atoms with Crippen molar-refractivity contribution in [3.8, 4) is 0 Å². The molecule has 0 radical (unpaired) electrons. The largest absolute Gasteiger partial charge is 0.443 e. The van der Waals surface area contributed by atoms with Gasteiger partial charge in [0, 0.05) is 18.2 Å². The summed E-state index contributed by atoms with van der Waals surface area (Å²) in [4.78, 5) is 16.3. The summed E-state index contributed by atoms with van der Waals surface area (Å²) in [6.07, 6.45) is 3.85. The first kappa shape index (κ1) is 14.1. The monoisotopic (exact) mass is 265 g/mol. The summed E-state index contributed by atoms with van der Waals surface area (Å²) < 4.78 is 6.70. The Morgan fingerprint density at radius 2 is 2.11 bits per heavy atom. The zero-order chi connectivity index (χ0) is 14.5. The molecule has 0 aromatic carbocycles. The maximum absolute atomic E-state index is 11.9. The number of rotatable bonds is 2. The zero-order valence-corrected chi connectivity index (χ0v) is 12.4. The molecule has 2 N–H and O–H groups in total. The lowest BCUT2D eigenvalue weighted by Crippen LogP contribution is -2.27. The van der Waals surface area contributed by atoms with Crippen molar-refractivity contribution in [2.75, 3.05) is 6.54 Å². The van der Waals surface area contributed by atoms with Crippen LogP contribution in [0.2, 0.25) is 0 Å². The number of aromatic nitrogens is 2. The van der Waals surface area contributed by atoms with Gasteiger partial charge in [-0.15, -0.1) is 0 Å². The van der Waals surface area contributed by atoms with E-state index in [1.165, 1.54) is 10.9 Å². The maximum Gasteiger partial charge on any atom is 0.419 e. The van der Waals surface area contributed by atoms with Gasteiger partial charge in [-0.3, -0.25) is 0 Å². The topological polar surface area (TPSA) is 70.1 Å². The van der Waals surface area contributed by atoms with Crippen LogP contribution in [0.1, 0.15) is 46.7 Å². The predicted molar refractivity (Wildman–Crippen MR) is 73.0 cm³/mol. The smallest absolute Gasteiger partial charge is 0.419 e. The number of hydrogen-bond acceptors (Lipinski definition) is 4. The second-order valence-electron chi connectivity index (χ2n) is 6.99. The molecule has 5 nitrogen and oxygen atoms in total. The van der Waals surface area contributed by atoms with Gasteiger partial charge in [0.1, 0.15) is 11.9 Å². The van der Waals surface area contributed by atoms with Gasteiger partial charge in [0.25, 0.3) is 0 Å². The van der Waals surface area contributed by atoms with Gasteiger partial charge in [0.15, 0.2) is 0 Å². The molecule has 1 atom stereocenters. The Morgan fingerprint density at radius 1 is 1.53 bits per heavy atom. The average molecular weight is 265 g/mol. The van der Waals surface area contributed by atoms with E-state index in [9.17, 15) is 4.79 Å². The van der Waals surface area contributed by atoms with Crippen molar-refractivity contribution >= 4 is 6.09 Å². The molecule has 1 heterocycles. The summed E-state index contributed by atoms with van der Waals surface area (Å²) in [7, 11) is 0. The van der Waals surface area contributed by atoms with E-state index in [0.29, 0.717) is 6.54 Å². The SMILES string of the molecule is CC(C)(C)OC(=O)n1cnc(C2(CN)CC2(C)C)c1. The van der Waals surface area contributed by atoms with Gasteiger partial charge in [0.05, 0.1) is 5.69 Å². The van der Waals surface area contributed by atoms with Crippen molar-refractivity contribution in [3.05, 3.63) is 18.2 Å². The van der Waals surface area contributed by atoms with Crippen molar-refractivity contribution < 1.29 is 9.53 Å². The fourth-order valence-corrected chi connectivity index (χ4v) is 2.58. The van der Waals surface area contributed by atoms with Crippen LogP contribution >= 0.6 is 0 Å². The lowest BCUT2D eigenvalue weighted by molar-refractivity contribution is 0.0536. The molecule has 0 saturated heterocycles. The number of nitrogens with zero attached hydrogens (tertiary/aromatic N) is 2. The van der Waals surface area contributed by atoms with Crippen molar-refractivity contribution in [1.29, 1.82) is 0 Å². The molecule has 106 valence electrons. The number of carbonyl (C=O) groups is 1. The first-order valence-corrected chi connectivity index (χ1v) is 6.59. The van der Waals surface area contributed by atoms with Crippen LogP contribution in [-0.2, 0) is 10.2 Å². The van der Waals surface area contributed by atoms with Crippen LogP contribution in [0, 0.1) is 5.41 Å². The van der Waals surface area contributed by atoms with Crippen LogP contribution in [0.15, 0.2) is 12.5 Å². The second-order valence-corrected chi connectivity index (χ2v) is 6.99. The van der Waals surface area contributed by atoms with E-state index in [1.54, 1.807) is 6.20 Å². The van der Waals surface area contributed by atoms with E-state index in [0.717, 1.165) is 12.1 Å². The molecule has 1 unspecified atom stereocenters. The second kappa shape index (κ2) is 4.07. The highest BCUT2D eigenvalue weighted by Gasteiger charge is 2.62. The number of ether oxygens (including phenoxy) is 1. The van der Waals surface area contributed by atoms with Crippen LogP contribution in [0.3, 0.4) is 0 Å². The van der Waals surface area contributed by atoms with Crippen molar-refractivity contribution in [2.24, 2.45) is 11.1 Å². The van der Waals surface area contributed by atoms with E-state index in [4.69, 9.17) is 10.5 Å². The summed E-state index contributed by atoms with van der Waals surface area (Å²) in [6, 6.07) is 0. The maximum atomic E-state index is 11.9. The third kappa shape index (κ3) is 2.39. The number of imidazole rings is 1. The van der Waals surface area contributed by atoms with Gasteiger partial charge < -0.3 is 10.5 Å². The lowest BCUT2D eigenvalue weighted by Gasteiger charge is -2.19. The molecule has 1 aliphatic rings. The first-order chi connectivity index (χ1) is 8.61. The Bertz CT molecular complexity index is 499. The molecule has 2 rings (SSSR count). The molecule has 0 amide bonds. The van der Waals surface area contributed by atoms with Gasteiger partial charge in [0.2, 0.25) is 0 Å². The van der Waals surface area contributed by atoms with Crippen LogP contribution in [-0.4, -0.2) is 27.8 Å². The Balaban J connectivity index is 2.19. The molecule has 1 aromatic rings. The molecule has 1 fully saturated rings. The van der Waals surface area contributed by atoms with Gasteiger partial charge in [-0.2, -0.15) is 0 Å². The molecule has 5 heteroatoms. The van der Waals surface area contributed by atoms with E-state index < -0.39 is 11.7 Å². The van der Waals surface area contributed by atoms with Gasteiger partial charge >= 0.3 is 6.09 Å². The Morgan fingerprint density at radius 3 is 2.53 bits per heavy atom. The molecule has 1 aliphatic carbocycles. The Hall–Kier alpha value is -1.36. The van der Waals surface area contributed by atoms with Crippen molar-refractivity contribution in [1.82, 2.24) is 9.55 Å². The molecular weight excluding hydrogens is 242 g/mol. The molecule has 1 saturated carbocycles. The van der Waals surface area contributed by atoms with Crippen molar-refractivity contribution in [2.45, 2.75) is 52.1 Å². The minimum Gasteiger partial charge on any atom is -0.443 e. The summed E-state index contributed by atoms with van der Waals surface area (Å²) in [6.45, 7) is 10.4. The highest BCUT2D eigenvalue weighted by Crippen LogP contribution is 2.63. The summed E-state index contributed by atoms with van der Waals surface area (Å²) in [5.74, 6) is 0. The normalized spacial score (nSPS) is 25.2. The lowest BCUT2D eigenvalue weighted by atomic mass is 9.93. The van der Waals surface area contributed by atoms with E-state index in [2.05, 4.69) is 18.8 Å². The minimum absolute atomic E-state index is 0.0970. The van der Waals surface area contributed by atoms with E-state index in [1.807, 2.05) is 20.8 Å². The van der Waals surface area contributed by atoms with E-state index >= 15 is 0 Å². The molecule has 0 aliphatic heterocycles. The molecule has 19 heavy (non-hydrogen) atoms. The quantitative estimate of drug-likeness (QED) is 0.890. The third-order valence-corrected chi connectivity index (χ3v) is 3.94. The zero-order valence-electron chi connectivity index (χ0n) is 12.4. The van der Waals surface area contributed by atoms with Crippen molar-refractivity contribution in [3.63, 3.8) is 0 Å². The van der Waals surface area contributed by atoms with Gasteiger partial charge in [-0.25, -0.2) is 14.3 Å². The van der Waals surface area contributed by atoms with E-state index in [-0.39, 0.29) is 10.8 Å². The number of nitrogens with two attached hydrogens (primary N) is 1. The van der Waals surface area contributed by atoms with Crippen LogP contribution in [0.25, 0.3) is 0 Å². The standard InChI is InChI=1S/C14H23N3O2/c1-12(2,3)19-11(18)17-6-10(16-9-17)14(8-15)7-13(14,4)5/h6,9H,7-8,15H2,1-5H3. The van der Waals surface area contributed by atoms with Crippen LogP contribution in [0.5, 0.6) is 0 Å². The van der Waals surface area contributed by atoms with Gasteiger partial charge in [-0.1, -0.05) is 13.8 Å². The summed E-state index contributed by atoms with van der Waals surface area (Å²) in [5.41, 5.74) is 6.32. The van der Waals surface area contributed by atoms with Crippen LogP contribution < -0.4 is 5.73 Å². The Labute approximate surface area is 114 Å². The Kier molecular flexibility index (Phi) is 3.01. The fraction of sp³-hybridized carbons (Fsp3) is 0.714. The average Bonchev–Trinajstić information content (AvgIpc) is 2.65. The minimum atomic E-state index is -0.508. The third-order valence-electron chi connectivity index (χ3n) is 3.94. The first-order valence-electron chi connectivity index (χ1n) is 6.59. The molecular formula is C14H23N3O2. The summed E-state index contributed by atoms with van der Waals surface area (Å²) >= 11 is 0. The fourth-order valence-electron chi connectivity index (χ4n) is 2.58. The highest BCUT2D eigenvalue weighted by atomic mass is 16.6. The summed E-state index contributed by atoms with van der Waals surface area (Å²) in [5, 5.41) is 0. The molecule has 0 bridgehead atoms. The number of carbonyl (C=O) groups excluding carboxylic acids is 1. The number of hydrogen-bond donors (Lipinski definition) is 1.